The first-order valence-electron chi connectivity index (χ1n) is 7.80. The Kier molecular flexibility index (Phi) is 6.80. The summed E-state index contributed by atoms with van der Waals surface area (Å²) >= 11 is 2.23. The van der Waals surface area contributed by atoms with Crippen LogP contribution in [0, 0.1) is 0 Å². The van der Waals surface area contributed by atoms with E-state index in [0.717, 1.165) is 11.3 Å². The summed E-state index contributed by atoms with van der Waals surface area (Å²) in [4.78, 5) is 0. The Morgan fingerprint density at radius 3 is 2.06 bits per heavy atom. The number of thioether (sulfide) groups is 1. The summed E-state index contributed by atoms with van der Waals surface area (Å²) in [7, 11) is 0. The summed E-state index contributed by atoms with van der Waals surface area (Å²) in [6, 6.07) is 0.837. The summed E-state index contributed by atoms with van der Waals surface area (Å²) < 4.78 is 0. The van der Waals surface area contributed by atoms with Gasteiger partial charge in [0.1, 0.15) is 0 Å². The lowest BCUT2D eigenvalue weighted by Gasteiger charge is -2.22. The lowest BCUT2D eigenvalue weighted by atomic mass is 10.0. The highest BCUT2D eigenvalue weighted by atomic mass is 32.2. The van der Waals surface area contributed by atoms with E-state index in [1.807, 2.05) is 0 Å². The third-order valence-corrected chi connectivity index (χ3v) is 5.68. The molecule has 2 aliphatic rings. The lowest BCUT2D eigenvalue weighted by Crippen LogP contribution is -2.30. The highest BCUT2D eigenvalue weighted by Crippen LogP contribution is 2.27. The van der Waals surface area contributed by atoms with E-state index in [-0.39, 0.29) is 0 Å². The van der Waals surface area contributed by atoms with E-state index in [1.54, 1.807) is 0 Å². The maximum Gasteiger partial charge on any atom is 0.00673 e. The zero-order chi connectivity index (χ0) is 11.8. The minimum absolute atomic E-state index is 0.837. The van der Waals surface area contributed by atoms with Crippen molar-refractivity contribution in [3.05, 3.63) is 0 Å². The van der Waals surface area contributed by atoms with Crippen LogP contribution in [0.5, 0.6) is 0 Å². The third kappa shape index (κ3) is 5.65. The topological polar surface area (TPSA) is 12.0 Å². The van der Waals surface area contributed by atoms with Crippen LogP contribution in [0.2, 0.25) is 0 Å². The number of hydrogen-bond acceptors (Lipinski definition) is 2. The van der Waals surface area contributed by atoms with Gasteiger partial charge in [0.15, 0.2) is 0 Å². The molecule has 2 rings (SSSR count). The molecule has 2 heteroatoms. The third-order valence-electron chi connectivity index (χ3n) is 4.30. The van der Waals surface area contributed by atoms with E-state index in [0.29, 0.717) is 0 Å². The molecular weight excluding hydrogens is 226 g/mol. The SMILES string of the molecule is C1CCCC(NCCSC2CCCCC2)CC1. The summed E-state index contributed by atoms with van der Waals surface area (Å²) in [5, 5.41) is 4.77. The first-order chi connectivity index (χ1) is 8.45. The van der Waals surface area contributed by atoms with Crippen LogP contribution >= 0.6 is 11.8 Å². The van der Waals surface area contributed by atoms with Gasteiger partial charge in [0.2, 0.25) is 0 Å². The predicted molar refractivity (Wildman–Crippen MR) is 78.8 cm³/mol. The van der Waals surface area contributed by atoms with Crippen molar-refractivity contribution in [3.63, 3.8) is 0 Å². The molecule has 0 radical (unpaired) electrons. The average molecular weight is 255 g/mol. The van der Waals surface area contributed by atoms with Gasteiger partial charge in [-0.2, -0.15) is 11.8 Å². The molecule has 2 saturated carbocycles. The molecule has 1 N–H and O–H groups in total. The zero-order valence-electron chi connectivity index (χ0n) is 11.3. The molecule has 100 valence electrons. The van der Waals surface area contributed by atoms with Gasteiger partial charge in [-0.1, -0.05) is 44.9 Å². The smallest absolute Gasteiger partial charge is 0.00673 e. The molecule has 0 amide bonds. The molecule has 0 aromatic heterocycles. The fourth-order valence-electron chi connectivity index (χ4n) is 3.20. The molecule has 0 atom stereocenters. The van der Waals surface area contributed by atoms with E-state index in [9.17, 15) is 0 Å². The predicted octanol–water partition coefficient (Wildman–Crippen LogP) is 4.36. The quantitative estimate of drug-likeness (QED) is 0.578. The van der Waals surface area contributed by atoms with Crippen molar-refractivity contribution in [3.8, 4) is 0 Å². The number of rotatable bonds is 5. The molecule has 0 saturated heterocycles. The van der Waals surface area contributed by atoms with Gasteiger partial charge in [-0.15, -0.1) is 0 Å². The van der Waals surface area contributed by atoms with Gasteiger partial charge in [0.05, 0.1) is 0 Å². The van der Waals surface area contributed by atoms with Gasteiger partial charge in [-0.05, 0) is 25.7 Å². The second-order valence-corrected chi connectivity index (χ2v) is 7.18. The average Bonchev–Trinajstić information content (AvgIpc) is 2.65. The van der Waals surface area contributed by atoms with Crippen LogP contribution in [-0.4, -0.2) is 23.6 Å². The highest BCUT2D eigenvalue weighted by molar-refractivity contribution is 7.99. The molecule has 0 heterocycles. The van der Waals surface area contributed by atoms with Gasteiger partial charge in [0, 0.05) is 23.6 Å². The Morgan fingerprint density at radius 2 is 1.35 bits per heavy atom. The van der Waals surface area contributed by atoms with Gasteiger partial charge < -0.3 is 5.32 Å². The number of hydrogen-bond donors (Lipinski definition) is 1. The summed E-state index contributed by atoms with van der Waals surface area (Å²) in [5.74, 6) is 1.33. The zero-order valence-corrected chi connectivity index (χ0v) is 12.1. The van der Waals surface area contributed by atoms with Crippen LogP contribution in [0.15, 0.2) is 0 Å². The number of nitrogens with one attached hydrogen (secondary N) is 1. The molecular formula is C15H29NS. The van der Waals surface area contributed by atoms with E-state index >= 15 is 0 Å². The highest BCUT2D eigenvalue weighted by Gasteiger charge is 2.14. The summed E-state index contributed by atoms with van der Waals surface area (Å²) in [6.45, 7) is 1.24. The molecule has 1 nitrogen and oxygen atoms in total. The standard InChI is InChI=1S/C15H29NS/c1-2-5-9-14(8-4-1)16-12-13-17-15-10-6-3-7-11-15/h14-16H,1-13H2. The Labute approximate surface area is 112 Å². The van der Waals surface area contributed by atoms with Gasteiger partial charge in [-0.3, -0.25) is 0 Å². The molecule has 0 aromatic carbocycles. The van der Waals surface area contributed by atoms with Crippen LogP contribution in [0.4, 0.5) is 0 Å². The van der Waals surface area contributed by atoms with Crippen LogP contribution in [-0.2, 0) is 0 Å². The second-order valence-electron chi connectivity index (χ2n) is 5.77. The molecule has 2 aliphatic carbocycles. The minimum Gasteiger partial charge on any atom is -0.313 e. The largest absolute Gasteiger partial charge is 0.313 e. The minimum atomic E-state index is 0.837. The van der Waals surface area contributed by atoms with Crippen LogP contribution in [0.1, 0.15) is 70.6 Å². The van der Waals surface area contributed by atoms with Crippen molar-refractivity contribution in [2.24, 2.45) is 0 Å². The fraction of sp³-hybridized carbons (Fsp3) is 1.00. The van der Waals surface area contributed by atoms with Gasteiger partial charge in [-0.25, -0.2) is 0 Å². The monoisotopic (exact) mass is 255 g/mol. The fourth-order valence-corrected chi connectivity index (χ4v) is 4.44. The van der Waals surface area contributed by atoms with Gasteiger partial charge >= 0.3 is 0 Å². The normalized spacial score (nSPS) is 24.7. The Balaban J connectivity index is 1.49. The van der Waals surface area contributed by atoms with Crippen molar-refractivity contribution in [2.75, 3.05) is 12.3 Å². The van der Waals surface area contributed by atoms with Crippen molar-refractivity contribution in [1.82, 2.24) is 5.32 Å². The summed E-state index contributed by atoms with van der Waals surface area (Å²) in [5.41, 5.74) is 0. The molecule has 0 aliphatic heterocycles. The molecule has 0 spiro atoms. The molecule has 17 heavy (non-hydrogen) atoms. The first kappa shape index (κ1) is 13.7. The lowest BCUT2D eigenvalue weighted by molar-refractivity contribution is 0.473. The van der Waals surface area contributed by atoms with Crippen LogP contribution in [0.3, 0.4) is 0 Å². The molecule has 2 fully saturated rings. The Hall–Kier alpha value is 0.310. The van der Waals surface area contributed by atoms with Crippen LogP contribution in [0.25, 0.3) is 0 Å². The second kappa shape index (κ2) is 8.42. The molecule has 0 unspecified atom stereocenters. The maximum atomic E-state index is 3.78. The van der Waals surface area contributed by atoms with Gasteiger partial charge in [0.25, 0.3) is 0 Å². The van der Waals surface area contributed by atoms with Crippen molar-refractivity contribution in [1.29, 1.82) is 0 Å². The van der Waals surface area contributed by atoms with E-state index < -0.39 is 0 Å². The molecule has 0 aromatic rings. The van der Waals surface area contributed by atoms with E-state index in [2.05, 4.69) is 17.1 Å². The van der Waals surface area contributed by atoms with Crippen molar-refractivity contribution >= 4 is 11.8 Å². The summed E-state index contributed by atoms with van der Waals surface area (Å²) in [6.07, 6.45) is 16.1. The Bertz CT molecular complexity index is 181. The van der Waals surface area contributed by atoms with Crippen molar-refractivity contribution in [2.45, 2.75) is 81.9 Å². The molecule has 0 bridgehead atoms. The van der Waals surface area contributed by atoms with Crippen LogP contribution < -0.4 is 5.32 Å². The maximum absolute atomic E-state index is 3.78. The Morgan fingerprint density at radius 1 is 0.765 bits per heavy atom. The van der Waals surface area contributed by atoms with Crippen molar-refractivity contribution < 1.29 is 0 Å². The van der Waals surface area contributed by atoms with E-state index in [1.165, 1.54) is 82.9 Å². The van der Waals surface area contributed by atoms with E-state index in [4.69, 9.17) is 0 Å². The first-order valence-corrected chi connectivity index (χ1v) is 8.85.